The van der Waals surface area contributed by atoms with Gasteiger partial charge in [0.1, 0.15) is 5.76 Å². The second-order valence-electron chi connectivity index (χ2n) is 9.61. The van der Waals surface area contributed by atoms with E-state index in [1.54, 1.807) is 55.6 Å². The van der Waals surface area contributed by atoms with Crippen LogP contribution in [-0.4, -0.2) is 35.5 Å². The highest BCUT2D eigenvalue weighted by Gasteiger charge is 2.48. The molecule has 4 aromatic rings. The van der Waals surface area contributed by atoms with Crippen LogP contribution >= 0.6 is 22.9 Å². The highest BCUT2D eigenvalue weighted by molar-refractivity contribution is 7.22. The minimum absolute atomic E-state index is 0.0233. The molecule has 1 atom stereocenters. The van der Waals surface area contributed by atoms with Gasteiger partial charge in [0, 0.05) is 10.6 Å². The summed E-state index contributed by atoms with van der Waals surface area (Å²) in [6.45, 7) is 4.60. The van der Waals surface area contributed by atoms with Gasteiger partial charge in [0.25, 0.3) is 5.78 Å². The van der Waals surface area contributed by atoms with Crippen LogP contribution in [0.15, 0.2) is 66.2 Å². The lowest BCUT2D eigenvalue weighted by Crippen LogP contribution is -2.29. The molecule has 0 radical (unpaired) electrons. The number of ether oxygens (including phenoxy) is 2. The van der Waals surface area contributed by atoms with E-state index in [-0.39, 0.29) is 11.3 Å². The number of rotatable bonds is 9. The van der Waals surface area contributed by atoms with Gasteiger partial charge < -0.3 is 14.6 Å². The fourth-order valence-electron chi connectivity index (χ4n) is 4.71. The minimum Gasteiger partial charge on any atom is -0.507 e. The van der Waals surface area contributed by atoms with Crippen LogP contribution in [0.2, 0.25) is 5.02 Å². The number of ketones is 1. The molecule has 3 aromatic carbocycles. The van der Waals surface area contributed by atoms with E-state index in [2.05, 4.69) is 11.9 Å². The molecule has 9 heteroatoms. The summed E-state index contributed by atoms with van der Waals surface area (Å²) >= 11 is 7.44. The van der Waals surface area contributed by atoms with Crippen molar-refractivity contribution in [2.45, 2.75) is 39.2 Å². The Hall–Kier alpha value is -3.88. The number of Topliss-reactive ketones (excluding diaryl/α,β-unsaturated/α-hetero) is 1. The Labute approximate surface area is 241 Å². The average Bonchev–Trinajstić information content (AvgIpc) is 3.48. The summed E-state index contributed by atoms with van der Waals surface area (Å²) in [6.07, 6.45) is 3.05. The van der Waals surface area contributed by atoms with E-state index in [1.807, 2.05) is 19.1 Å². The van der Waals surface area contributed by atoms with E-state index in [1.165, 1.54) is 16.2 Å². The number of nitrogens with zero attached hydrogens (tertiary/aromatic N) is 2. The van der Waals surface area contributed by atoms with Crippen LogP contribution in [0.1, 0.15) is 48.9 Å². The molecule has 1 aliphatic rings. The van der Waals surface area contributed by atoms with Gasteiger partial charge in [-0.1, -0.05) is 78.6 Å². The van der Waals surface area contributed by atoms with Gasteiger partial charge in [-0.25, -0.2) is 4.98 Å². The van der Waals surface area contributed by atoms with Crippen LogP contribution in [-0.2, 0) is 9.59 Å². The van der Waals surface area contributed by atoms with Crippen molar-refractivity contribution in [1.29, 1.82) is 0 Å². The number of anilines is 1. The van der Waals surface area contributed by atoms with Crippen molar-refractivity contribution in [3.05, 3.63) is 87.9 Å². The molecule has 1 fully saturated rings. The molecule has 7 nitrogen and oxygen atoms in total. The number of aliphatic hydroxyl groups excluding tert-OH is 1. The van der Waals surface area contributed by atoms with Gasteiger partial charge in [-0.15, -0.1) is 0 Å². The first-order chi connectivity index (χ1) is 19.3. The van der Waals surface area contributed by atoms with Crippen LogP contribution in [0.3, 0.4) is 0 Å². The Morgan fingerprint density at radius 3 is 2.55 bits per heavy atom. The van der Waals surface area contributed by atoms with E-state index >= 15 is 0 Å². The standard InChI is InChI=1S/C31H29ClN2O5S/c1-4-5-6-15-39-23-14-11-20(16-24(23)38-3)27-26(28(35)19-9-7-18(2)8-10-19)29(36)30(37)34(27)31-33-22-13-12-21(32)17-25(22)40-31/h7-14,16-17,27,35H,4-6,15H2,1-3H3. The molecule has 1 aliphatic heterocycles. The number of methoxy groups -OCH3 is 1. The van der Waals surface area contributed by atoms with Crippen molar-refractivity contribution in [3.63, 3.8) is 0 Å². The number of halogens is 1. The number of carbonyl (C=O) groups excluding carboxylic acids is 2. The van der Waals surface area contributed by atoms with Gasteiger partial charge in [-0.3, -0.25) is 14.5 Å². The molecular formula is C31H29ClN2O5S. The molecule has 1 saturated heterocycles. The molecule has 0 aliphatic carbocycles. The van der Waals surface area contributed by atoms with E-state index in [9.17, 15) is 14.7 Å². The Bertz CT molecular complexity index is 1610. The first kappa shape index (κ1) is 27.7. The van der Waals surface area contributed by atoms with Gasteiger partial charge in [-0.2, -0.15) is 0 Å². The summed E-state index contributed by atoms with van der Waals surface area (Å²) in [5, 5.41) is 12.3. The van der Waals surface area contributed by atoms with Crippen LogP contribution in [0.5, 0.6) is 11.5 Å². The van der Waals surface area contributed by atoms with Crippen LogP contribution in [0.4, 0.5) is 5.13 Å². The fourth-order valence-corrected chi connectivity index (χ4v) is 5.98. The zero-order chi connectivity index (χ0) is 28.4. The molecule has 0 spiro atoms. The highest BCUT2D eigenvalue weighted by atomic mass is 35.5. The quantitative estimate of drug-likeness (QED) is 0.0962. The molecule has 1 N–H and O–H groups in total. The second-order valence-corrected chi connectivity index (χ2v) is 11.1. The van der Waals surface area contributed by atoms with E-state index < -0.39 is 17.7 Å². The van der Waals surface area contributed by atoms with Gasteiger partial charge in [0.15, 0.2) is 16.6 Å². The summed E-state index contributed by atoms with van der Waals surface area (Å²) in [5.41, 5.74) is 2.64. The molecule has 1 aromatic heterocycles. The number of amides is 1. The maximum atomic E-state index is 13.6. The number of aliphatic hydroxyl groups is 1. The molecule has 0 bridgehead atoms. The minimum atomic E-state index is -0.944. The number of aromatic nitrogens is 1. The third-order valence-corrected chi connectivity index (χ3v) is 8.08. The number of carbonyl (C=O) groups is 2. The highest BCUT2D eigenvalue weighted by Crippen LogP contribution is 2.46. The Kier molecular flexibility index (Phi) is 8.09. The van der Waals surface area contributed by atoms with Gasteiger partial charge in [0.2, 0.25) is 0 Å². The van der Waals surface area contributed by atoms with Crippen molar-refractivity contribution in [2.75, 3.05) is 18.6 Å². The topological polar surface area (TPSA) is 89.0 Å². The van der Waals surface area contributed by atoms with E-state index in [4.69, 9.17) is 21.1 Å². The largest absolute Gasteiger partial charge is 0.507 e. The Balaban J connectivity index is 1.65. The Morgan fingerprint density at radius 1 is 1.05 bits per heavy atom. The summed E-state index contributed by atoms with van der Waals surface area (Å²) in [7, 11) is 1.54. The first-order valence-electron chi connectivity index (χ1n) is 13.1. The number of unbranched alkanes of at least 4 members (excludes halogenated alkanes) is 2. The lowest BCUT2D eigenvalue weighted by molar-refractivity contribution is -0.132. The number of fused-ring (bicyclic) bond motifs is 1. The van der Waals surface area contributed by atoms with Crippen LogP contribution in [0, 0.1) is 6.92 Å². The summed E-state index contributed by atoms with van der Waals surface area (Å²) in [6, 6.07) is 16.7. The molecule has 206 valence electrons. The third-order valence-electron chi connectivity index (χ3n) is 6.82. The molecule has 1 unspecified atom stereocenters. The maximum Gasteiger partial charge on any atom is 0.301 e. The molecule has 2 heterocycles. The second kappa shape index (κ2) is 11.7. The predicted octanol–water partition coefficient (Wildman–Crippen LogP) is 7.46. The van der Waals surface area contributed by atoms with Crippen molar-refractivity contribution in [1.82, 2.24) is 4.98 Å². The zero-order valence-electron chi connectivity index (χ0n) is 22.4. The number of benzene rings is 3. The van der Waals surface area contributed by atoms with Gasteiger partial charge in [0.05, 0.1) is 35.5 Å². The smallest absolute Gasteiger partial charge is 0.301 e. The van der Waals surface area contributed by atoms with Crippen molar-refractivity contribution in [2.24, 2.45) is 0 Å². The van der Waals surface area contributed by atoms with E-state index in [0.29, 0.717) is 44.9 Å². The van der Waals surface area contributed by atoms with Crippen molar-refractivity contribution >= 4 is 55.7 Å². The lowest BCUT2D eigenvalue weighted by Gasteiger charge is -2.24. The Morgan fingerprint density at radius 2 is 1.82 bits per heavy atom. The molecule has 5 rings (SSSR count). The zero-order valence-corrected chi connectivity index (χ0v) is 24.0. The summed E-state index contributed by atoms with van der Waals surface area (Å²) < 4.78 is 12.4. The van der Waals surface area contributed by atoms with Gasteiger partial charge >= 0.3 is 5.91 Å². The molecule has 1 amide bonds. The average molecular weight is 577 g/mol. The normalized spacial score (nSPS) is 16.6. The molecule has 40 heavy (non-hydrogen) atoms. The number of hydrogen-bond donors (Lipinski definition) is 1. The van der Waals surface area contributed by atoms with Crippen LogP contribution < -0.4 is 14.4 Å². The number of thiazole rings is 1. The first-order valence-corrected chi connectivity index (χ1v) is 14.3. The van der Waals surface area contributed by atoms with Gasteiger partial charge in [-0.05, 0) is 49.2 Å². The predicted molar refractivity (Wildman–Crippen MR) is 159 cm³/mol. The van der Waals surface area contributed by atoms with Crippen molar-refractivity contribution < 1.29 is 24.2 Å². The fraction of sp³-hybridized carbons (Fsp3) is 0.258. The summed E-state index contributed by atoms with van der Waals surface area (Å²) in [4.78, 5) is 33.1. The summed E-state index contributed by atoms with van der Waals surface area (Å²) in [5.74, 6) is -0.797. The monoisotopic (exact) mass is 576 g/mol. The SMILES string of the molecule is CCCCCOc1ccc(C2C(=C(O)c3ccc(C)cc3)C(=O)C(=O)N2c2nc3ccc(Cl)cc3s2)cc1OC. The van der Waals surface area contributed by atoms with Crippen LogP contribution in [0.25, 0.3) is 16.0 Å². The number of hydrogen-bond acceptors (Lipinski definition) is 7. The third kappa shape index (κ3) is 5.29. The van der Waals surface area contributed by atoms with Crippen molar-refractivity contribution in [3.8, 4) is 11.5 Å². The lowest BCUT2D eigenvalue weighted by atomic mass is 9.95. The van der Waals surface area contributed by atoms with E-state index in [0.717, 1.165) is 29.5 Å². The number of aryl methyl sites for hydroxylation is 1. The maximum absolute atomic E-state index is 13.6. The molecular weight excluding hydrogens is 548 g/mol. The molecule has 0 saturated carbocycles.